The van der Waals surface area contributed by atoms with Gasteiger partial charge in [0.05, 0.1) is 17.7 Å². The Bertz CT molecular complexity index is 1280. The number of carbonyl (C=O) groups is 2. The van der Waals surface area contributed by atoms with Gasteiger partial charge in [-0.3, -0.25) is 14.9 Å². The van der Waals surface area contributed by atoms with Crippen molar-refractivity contribution in [2.45, 2.75) is 13.8 Å². The molecule has 142 valence electrons. The summed E-state index contributed by atoms with van der Waals surface area (Å²) in [4.78, 5) is 41.4. The number of furan rings is 1. The topological polar surface area (TPSA) is 112 Å². The van der Waals surface area contributed by atoms with Crippen molar-refractivity contribution in [2.75, 3.05) is 11.9 Å². The van der Waals surface area contributed by atoms with Gasteiger partial charge >= 0.3 is 11.7 Å². The van der Waals surface area contributed by atoms with Gasteiger partial charge in [0.1, 0.15) is 15.8 Å². The van der Waals surface area contributed by atoms with Gasteiger partial charge in [0, 0.05) is 6.07 Å². The van der Waals surface area contributed by atoms with Gasteiger partial charge < -0.3 is 13.6 Å². The van der Waals surface area contributed by atoms with E-state index >= 15 is 0 Å². The van der Waals surface area contributed by atoms with Crippen LogP contribution in [0.3, 0.4) is 0 Å². The molecule has 3 aromatic heterocycles. The lowest BCUT2D eigenvalue weighted by Crippen LogP contribution is -2.10. The highest BCUT2D eigenvalue weighted by molar-refractivity contribution is 7.17. The van der Waals surface area contributed by atoms with Crippen LogP contribution in [-0.2, 0) is 4.74 Å². The lowest BCUT2D eigenvalue weighted by atomic mass is 10.2. The van der Waals surface area contributed by atoms with Gasteiger partial charge in [-0.1, -0.05) is 23.5 Å². The summed E-state index contributed by atoms with van der Waals surface area (Å²) < 4.78 is 15.9. The summed E-state index contributed by atoms with van der Waals surface area (Å²) in [6, 6.07) is 8.08. The molecule has 1 N–H and O–H groups in total. The molecule has 1 amide bonds. The molecular weight excluding hydrogens is 384 g/mol. The highest BCUT2D eigenvalue weighted by atomic mass is 32.1. The van der Waals surface area contributed by atoms with E-state index in [4.69, 9.17) is 13.6 Å². The fourth-order valence-corrected chi connectivity index (χ4v) is 3.56. The predicted molar refractivity (Wildman–Crippen MR) is 103 cm³/mol. The number of esters is 1. The number of hydrogen-bond acceptors (Lipinski definition) is 8. The molecule has 3 heterocycles. The quantitative estimate of drug-likeness (QED) is 0.521. The van der Waals surface area contributed by atoms with Crippen LogP contribution >= 0.6 is 11.3 Å². The van der Waals surface area contributed by atoms with E-state index in [2.05, 4.69) is 10.3 Å². The first kappa shape index (κ1) is 17.9. The summed E-state index contributed by atoms with van der Waals surface area (Å²) >= 11 is 0.998. The Kier molecular flexibility index (Phi) is 4.44. The number of amides is 1. The van der Waals surface area contributed by atoms with Gasteiger partial charge in [0.25, 0.3) is 5.91 Å². The van der Waals surface area contributed by atoms with Crippen molar-refractivity contribution in [2.24, 2.45) is 0 Å². The van der Waals surface area contributed by atoms with E-state index in [9.17, 15) is 14.4 Å². The summed E-state index contributed by atoms with van der Waals surface area (Å²) in [7, 11) is 0. The van der Waals surface area contributed by atoms with Gasteiger partial charge in [-0.05, 0) is 26.0 Å². The summed E-state index contributed by atoms with van der Waals surface area (Å²) in [5.41, 5.74) is 0.539. The second kappa shape index (κ2) is 6.93. The van der Waals surface area contributed by atoms with Crippen molar-refractivity contribution in [3.63, 3.8) is 0 Å². The van der Waals surface area contributed by atoms with Crippen molar-refractivity contribution in [1.29, 1.82) is 0 Å². The SMILES string of the molecule is CCOC(=O)c1sc(NC(=O)c2cc3c(=O)c4ccccc4oc3o2)nc1C. The number of ether oxygens (including phenoxy) is 1. The number of nitrogens with zero attached hydrogens (tertiary/aromatic N) is 1. The first-order chi connectivity index (χ1) is 13.5. The van der Waals surface area contributed by atoms with Crippen LogP contribution < -0.4 is 10.7 Å². The molecule has 0 unspecified atom stereocenters. The number of fused-ring (bicyclic) bond motifs is 2. The van der Waals surface area contributed by atoms with E-state index in [1.807, 2.05) is 0 Å². The first-order valence-corrected chi connectivity index (χ1v) is 9.21. The van der Waals surface area contributed by atoms with Crippen molar-refractivity contribution in [3.8, 4) is 0 Å². The smallest absolute Gasteiger partial charge is 0.350 e. The highest BCUT2D eigenvalue weighted by Gasteiger charge is 2.21. The number of anilines is 1. The number of aryl methyl sites for hydroxylation is 1. The summed E-state index contributed by atoms with van der Waals surface area (Å²) in [5.74, 6) is -1.24. The van der Waals surface area contributed by atoms with Gasteiger partial charge in [-0.15, -0.1) is 0 Å². The summed E-state index contributed by atoms with van der Waals surface area (Å²) in [6.07, 6.45) is 0. The molecule has 0 radical (unpaired) electrons. The Labute approximate surface area is 161 Å². The molecule has 4 aromatic rings. The number of carbonyl (C=O) groups excluding carboxylic acids is 2. The Balaban J connectivity index is 1.65. The molecule has 0 aliphatic carbocycles. The molecule has 28 heavy (non-hydrogen) atoms. The molecule has 0 bridgehead atoms. The van der Waals surface area contributed by atoms with E-state index in [0.29, 0.717) is 21.5 Å². The maximum absolute atomic E-state index is 12.6. The number of rotatable bonds is 4. The van der Waals surface area contributed by atoms with Crippen molar-refractivity contribution < 1.29 is 23.2 Å². The number of thiazole rings is 1. The average Bonchev–Trinajstić information content (AvgIpc) is 3.26. The maximum Gasteiger partial charge on any atom is 0.350 e. The van der Waals surface area contributed by atoms with E-state index in [1.54, 1.807) is 38.1 Å². The normalized spacial score (nSPS) is 11.1. The van der Waals surface area contributed by atoms with Crippen LogP contribution in [0.5, 0.6) is 0 Å². The van der Waals surface area contributed by atoms with E-state index in [1.165, 1.54) is 6.07 Å². The fourth-order valence-electron chi connectivity index (χ4n) is 2.70. The van der Waals surface area contributed by atoms with Gasteiger partial charge in [0.2, 0.25) is 5.43 Å². The van der Waals surface area contributed by atoms with E-state index in [0.717, 1.165) is 11.3 Å². The van der Waals surface area contributed by atoms with Gasteiger partial charge in [-0.25, -0.2) is 9.78 Å². The van der Waals surface area contributed by atoms with Crippen LogP contribution in [0.1, 0.15) is 32.8 Å². The molecule has 0 aliphatic rings. The zero-order chi connectivity index (χ0) is 19.8. The summed E-state index contributed by atoms with van der Waals surface area (Å²) in [6.45, 7) is 3.59. The van der Waals surface area contributed by atoms with E-state index in [-0.39, 0.29) is 34.1 Å². The van der Waals surface area contributed by atoms with Crippen molar-refractivity contribution in [3.05, 3.63) is 56.9 Å². The lowest BCUT2D eigenvalue weighted by molar-refractivity contribution is 0.0531. The largest absolute Gasteiger partial charge is 0.462 e. The second-order valence-electron chi connectivity index (χ2n) is 5.85. The van der Waals surface area contributed by atoms with Crippen LogP contribution in [-0.4, -0.2) is 23.5 Å². The number of aromatic nitrogens is 1. The molecule has 0 saturated heterocycles. The molecule has 0 fully saturated rings. The van der Waals surface area contributed by atoms with Crippen LogP contribution in [0.25, 0.3) is 22.1 Å². The molecule has 0 atom stereocenters. The zero-order valence-corrected chi connectivity index (χ0v) is 15.7. The molecule has 0 saturated carbocycles. The van der Waals surface area contributed by atoms with E-state index < -0.39 is 11.9 Å². The Hall–Kier alpha value is -3.46. The number of benzene rings is 1. The fraction of sp³-hybridized carbons (Fsp3) is 0.158. The third kappa shape index (κ3) is 3.05. The molecule has 4 rings (SSSR count). The minimum absolute atomic E-state index is 0.0311. The van der Waals surface area contributed by atoms with Crippen molar-refractivity contribution >= 4 is 50.5 Å². The minimum atomic E-state index is -0.612. The Morgan fingerprint density at radius 1 is 1.21 bits per heavy atom. The lowest BCUT2D eigenvalue weighted by Gasteiger charge is -1.98. The third-order valence-electron chi connectivity index (χ3n) is 3.98. The Morgan fingerprint density at radius 2 is 2.00 bits per heavy atom. The second-order valence-corrected chi connectivity index (χ2v) is 6.85. The Morgan fingerprint density at radius 3 is 2.79 bits per heavy atom. The molecular formula is C19H14N2O6S. The third-order valence-corrected chi connectivity index (χ3v) is 5.03. The van der Waals surface area contributed by atoms with Gasteiger partial charge in [0.15, 0.2) is 10.9 Å². The minimum Gasteiger partial charge on any atom is -0.462 e. The van der Waals surface area contributed by atoms with Gasteiger partial charge in [-0.2, -0.15) is 0 Å². The predicted octanol–water partition coefficient (Wildman–Crippen LogP) is 3.73. The van der Waals surface area contributed by atoms with Crippen LogP contribution in [0.2, 0.25) is 0 Å². The molecule has 0 aliphatic heterocycles. The number of nitrogens with one attached hydrogen (secondary N) is 1. The highest BCUT2D eigenvalue weighted by Crippen LogP contribution is 2.26. The maximum atomic E-state index is 12.6. The molecule has 8 nitrogen and oxygen atoms in total. The number of para-hydroxylation sites is 1. The zero-order valence-electron chi connectivity index (χ0n) is 14.9. The first-order valence-electron chi connectivity index (χ1n) is 8.39. The van der Waals surface area contributed by atoms with Crippen LogP contribution in [0, 0.1) is 6.92 Å². The van der Waals surface area contributed by atoms with Crippen LogP contribution in [0.4, 0.5) is 5.13 Å². The average molecular weight is 398 g/mol. The summed E-state index contributed by atoms with van der Waals surface area (Å²) in [5, 5.41) is 3.35. The van der Waals surface area contributed by atoms with Crippen molar-refractivity contribution in [1.82, 2.24) is 4.98 Å². The molecule has 1 aromatic carbocycles. The monoisotopic (exact) mass is 398 g/mol. The molecule has 9 heteroatoms. The molecule has 0 spiro atoms. The standard InChI is InChI=1S/C19H14N2O6S/c1-3-25-17(24)15-9(2)20-19(28-15)21-16(23)13-8-11-14(22)10-6-4-5-7-12(10)26-18(11)27-13/h4-8H,3H2,1-2H3,(H,20,21,23). The van der Waals surface area contributed by atoms with Crippen LogP contribution in [0.15, 0.2) is 44.0 Å². The number of hydrogen-bond donors (Lipinski definition) is 1.